The minimum Gasteiger partial charge on any atom is -0.469 e. The average molecular weight is 755 g/mol. The molecule has 0 saturated heterocycles. The summed E-state index contributed by atoms with van der Waals surface area (Å²) in [5.74, 6) is -5.99. The first kappa shape index (κ1) is 42.9. The Hall–Kier alpha value is -5.54. The standard InChI is InChI=1S/C38H50N4O12/c1-7-31(27(13-29-17-39-23-41(29)3)21-51-35(45)15-33(43)49-5)37(47)53-19-25-9-11-26(12-10-25)20-54-38(48)32(8-2)28(14-30-18-40-24-42(30)4)22-52-36(46)16-34(44)50-6/h9-12,17-18,23-24,27-28,31-32H,7-8,13-16,19-22H2,1-6H3/t27-,28-,31-,32-/m0/s1. The number of aromatic nitrogens is 4. The maximum Gasteiger partial charge on any atom is 0.317 e. The maximum atomic E-state index is 13.4. The number of imidazole rings is 2. The lowest BCUT2D eigenvalue weighted by Gasteiger charge is -2.25. The molecule has 0 spiro atoms. The zero-order chi connectivity index (χ0) is 39.6. The Bertz CT molecular complexity index is 1580. The van der Waals surface area contributed by atoms with Crippen molar-refractivity contribution in [1.29, 1.82) is 0 Å². The number of esters is 6. The molecule has 0 aliphatic heterocycles. The van der Waals surface area contributed by atoms with Crippen molar-refractivity contribution in [3.05, 3.63) is 71.8 Å². The first-order valence-electron chi connectivity index (χ1n) is 17.6. The summed E-state index contributed by atoms with van der Waals surface area (Å²) >= 11 is 0. The summed E-state index contributed by atoms with van der Waals surface area (Å²) in [5.41, 5.74) is 3.08. The highest BCUT2D eigenvalue weighted by molar-refractivity contribution is 5.91. The van der Waals surface area contributed by atoms with Crippen molar-refractivity contribution in [2.75, 3.05) is 27.4 Å². The van der Waals surface area contributed by atoms with E-state index in [0.29, 0.717) is 36.8 Å². The molecule has 0 amide bonds. The highest BCUT2D eigenvalue weighted by Crippen LogP contribution is 2.26. The molecule has 0 N–H and O–H groups in total. The Morgan fingerprint density at radius 3 is 1.26 bits per heavy atom. The monoisotopic (exact) mass is 754 g/mol. The molecule has 0 aliphatic rings. The minimum absolute atomic E-state index is 0.0156. The number of methoxy groups -OCH3 is 2. The molecule has 16 heteroatoms. The normalized spacial score (nSPS) is 13.1. The molecule has 3 rings (SSSR count). The quantitative estimate of drug-likeness (QED) is 0.0825. The van der Waals surface area contributed by atoms with Gasteiger partial charge in [-0.3, -0.25) is 28.8 Å². The Morgan fingerprint density at radius 1 is 0.593 bits per heavy atom. The van der Waals surface area contributed by atoms with E-state index < -0.39 is 72.3 Å². The van der Waals surface area contributed by atoms with Crippen LogP contribution >= 0.6 is 0 Å². The molecule has 1 aromatic carbocycles. The summed E-state index contributed by atoms with van der Waals surface area (Å²) in [6.07, 6.45) is 7.15. The molecule has 0 unspecified atom stereocenters. The van der Waals surface area contributed by atoms with Gasteiger partial charge in [0.25, 0.3) is 0 Å². The lowest BCUT2D eigenvalue weighted by Crippen LogP contribution is -2.32. The van der Waals surface area contributed by atoms with E-state index in [-0.39, 0.29) is 26.4 Å². The van der Waals surface area contributed by atoms with E-state index in [4.69, 9.17) is 18.9 Å². The van der Waals surface area contributed by atoms with Crippen molar-refractivity contribution in [3.63, 3.8) is 0 Å². The predicted octanol–water partition coefficient (Wildman–Crippen LogP) is 3.22. The number of nitrogens with zero attached hydrogens (tertiary/aromatic N) is 4. The van der Waals surface area contributed by atoms with E-state index in [1.165, 1.54) is 14.2 Å². The zero-order valence-corrected chi connectivity index (χ0v) is 31.7. The Balaban J connectivity index is 1.60. The molecule has 4 atom stereocenters. The summed E-state index contributed by atoms with van der Waals surface area (Å²) in [7, 11) is 6.01. The molecule has 294 valence electrons. The first-order valence-corrected chi connectivity index (χ1v) is 17.6. The number of rotatable bonds is 22. The van der Waals surface area contributed by atoms with Crippen molar-refractivity contribution in [3.8, 4) is 0 Å². The fraction of sp³-hybridized carbons (Fsp3) is 0.526. The predicted molar refractivity (Wildman–Crippen MR) is 190 cm³/mol. The van der Waals surface area contributed by atoms with Crippen LogP contribution in [-0.2, 0) is 97.3 Å². The molecule has 0 radical (unpaired) electrons. The van der Waals surface area contributed by atoms with Crippen LogP contribution in [0.2, 0.25) is 0 Å². The van der Waals surface area contributed by atoms with Gasteiger partial charge in [0.1, 0.15) is 26.1 Å². The second kappa shape index (κ2) is 21.9. The summed E-state index contributed by atoms with van der Waals surface area (Å²) in [4.78, 5) is 82.4. The van der Waals surface area contributed by atoms with Gasteiger partial charge < -0.3 is 37.6 Å². The van der Waals surface area contributed by atoms with Crippen LogP contribution < -0.4 is 0 Å². The first-order chi connectivity index (χ1) is 25.9. The molecule has 0 saturated carbocycles. The van der Waals surface area contributed by atoms with Crippen molar-refractivity contribution in [2.24, 2.45) is 37.8 Å². The second-order valence-corrected chi connectivity index (χ2v) is 12.9. The average Bonchev–Trinajstić information content (AvgIpc) is 3.77. The topological polar surface area (TPSA) is 193 Å². The molecule has 0 aliphatic carbocycles. The molecule has 54 heavy (non-hydrogen) atoms. The van der Waals surface area contributed by atoms with Crippen LogP contribution in [0, 0.1) is 23.7 Å². The molecule has 2 heterocycles. The number of carbonyl (C=O) groups excluding carboxylic acids is 6. The third-order valence-electron chi connectivity index (χ3n) is 9.13. The highest BCUT2D eigenvalue weighted by Gasteiger charge is 2.32. The van der Waals surface area contributed by atoms with Gasteiger partial charge in [-0.15, -0.1) is 0 Å². The van der Waals surface area contributed by atoms with Gasteiger partial charge in [-0.2, -0.15) is 0 Å². The van der Waals surface area contributed by atoms with E-state index >= 15 is 0 Å². The van der Waals surface area contributed by atoms with Crippen molar-refractivity contribution in [1.82, 2.24) is 19.1 Å². The SMILES string of the molecule is CC[C@H](C(=O)OCc1ccc(COC(=O)[C@@H](CC)[C@H](COC(=O)CC(=O)OC)Cc2cncn2C)cc1)[C@H](COC(=O)CC(=O)OC)Cc1cncn1C. The second-order valence-electron chi connectivity index (χ2n) is 12.9. The van der Waals surface area contributed by atoms with E-state index in [1.807, 2.05) is 37.1 Å². The van der Waals surface area contributed by atoms with Gasteiger partial charge in [0.2, 0.25) is 0 Å². The van der Waals surface area contributed by atoms with Crippen LogP contribution in [0.25, 0.3) is 0 Å². The number of benzene rings is 1. The van der Waals surface area contributed by atoms with Crippen molar-refractivity contribution >= 4 is 35.8 Å². The van der Waals surface area contributed by atoms with E-state index in [2.05, 4.69) is 19.4 Å². The number of aryl methyl sites for hydroxylation is 2. The van der Waals surface area contributed by atoms with Crippen LogP contribution in [-0.4, -0.2) is 82.4 Å². The maximum absolute atomic E-state index is 13.4. The van der Waals surface area contributed by atoms with Crippen LogP contribution in [0.5, 0.6) is 0 Å². The molecule has 16 nitrogen and oxygen atoms in total. The van der Waals surface area contributed by atoms with Gasteiger partial charge >= 0.3 is 35.8 Å². The van der Waals surface area contributed by atoms with Gasteiger partial charge in [-0.25, -0.2) is 9.97 Å². The molecular formula is C38H50N4O12. The Kier molecular flexibility index (Phi) is 17.4. The lowest BCUT2D eigenvalue weighted by molar-refractivity contribution is -0.159. The fourth-order valence-electron chi connectivity index (χ4n) is 5.86. The number of ether oxygens (including phenoxy) is 6. The third-order valence-corrected chi connectivity index (χ3v) is 9.13. The fourth-order valence-corrected chi connectivity index (χ4v) is 5.86. The van der Waals surface area contributed by atoms with Gasteiger partial charge in [0.15, 0.2) is 0 Å². The summed E-state index contributed by atoms with van der Waals surface area (Å²) in [6.45, 7) is 3.44. The smallest absolute Gasteiger partial charge is 0.317 e. The molecule has 0 bridgehead atoms. The van der Waals surface area contributed by atoms with E-state index in [9.17, 15) is 28.8 Å². The zero-order valence-electron chi connectivity index (χ0n) is 31.7. The van der Waals surface area contributed by atoms with Crippen LogP contribution in [0.3, 0.4) is 0 Å². The van der Waals surface area contributed by atoms with Crippen LogP contribution in [0.15, 0.2) is 49.3 Å². The minimum atomic E-state index is -0.751. The summed E-state index contributed by atoms with van der Waals surface area (Å²) in [6, 6.07) is 7.07. The van der Waals surface area contributed by atoms with Crippen molar-refractivity contribution in [2.45, 2.75) is 65.6 Å². The van der Waals surface area contributed by atoms with Crippen LogP contribution in [0.4, 0.5) is 0 Å². The largest absolute Gasteiger partial charge is 0.469 e. The number of carbonyl (C=O) groups is 6. The van der Waals surface area contributed by atoms with Gasteiger partial charge in [-0.1, -0.05) is 38.1 Å². The van der Waals surface area contributed by atoms with Gasteiger partial charge in [0, 0.05) is 49.7 Å². The number of hydrogen-bond acceptors (Lipinski definition) is 14. The van der Waals surface area contributed by atoms with E-state index in [1.54, 1.807) is 49.3 Å². The van der Waals surface area contributed by atoms with Gasteiger partial charge in [-0.05, 0) is 36.8 Å². The summed E-state index contributed by atoms with van der Waals surface area (Å²) < 4.78 is 34.8. The highest BCUT2D eigenvalue weighted by atomic mass is 16.6. The van der Waals surface area contributed by atoms with Gasteiger partial charge in [0.05, 0.1) is 51.9 Å². The lowest BCUT2D eigenvalue weighted by atomic mass is 9.87. The van der Waals surface area contributed by atoms with E-state index in [0.717, 1.165) is 11.4 Å². The third kappa shape index (κ3) is 13.5. The molecular weight excluding hydrogens is 704 g/mol. The Labute approximate surface area is 314 Å². The summed E-state index contributed by atoms with van der Waals surface area (Å²) in [5, 5.41) is 0. The molecule has 2 aromatic heterocycles. The molecule has 0 fully saturated rings. The molecule has 3 aromatic rings. The van der Waals surface area contributed by atoms with Crippen LogP contribution in [0.1, 0.15) is 62.0 Å². The van der Waals surface area contributed by atoms with Crippen molar-refractivity contribution < 1.29 is 57.2 Å². The number of hydrogen-bond donors (Lipinski definition) is 0. The Morgan fingerprint density at radius 2 is 0.963 bits per heavy atom.